The highest BCUT2D eigenvalue weighted by molar-refractivity contribution is 5.18. The van der Waals surface area contributed by atoms with Crippen LogP contribution in [0.25, 0.3) is 0 Å². The summed E-state index contributed by atoms with van der Waals surface area (Å²) >= 11 is 0. The van der Waals surface area contributed by atoms with Gasteiger partial charge in [-0.15, -0.1) is 0 Å². The topological polar surface area (TPSA) is 32.7 Å². The van der Waals surface area contributed by atoms with Crippen molar-refractivity contribution in [2.45, 2.75) is 31.5 Å². The van der Waals surface area contributed by atoms with E-state index in [-0.39, 0.29) is 6.10 Å². The fourth-order valence-electron chi connectivity index (χ4n) is 2.66. The van der Waals surface area contributed by atoms with Gasteiger partial charge in [-0.1, -0.05) is 36.8 Å². The molecule has 1 N–H and O–H groups in total. The summed E-state index contributed by atoms with van der Waals surface area (Å²) in [7, 11) is 1.66. The number of methoxy groups -OCH3 is 1. The molecular weight excluding hydrogens is 226 g/mol. The van der Waals surface area contributed by atoms with Crippen molar-refractivity contribution in [3.8, 4) is 0 Å². The smallest absolute Gasteiger partial charge is 0.109 e. The average molecular weight is 249 g/mol. The van der Waals surface area contributed by atoms with Crippen LogP contribution < -0.4 is 0 Å². The predicted octanol–water partition coefficient (Wildman–Crippen LogP) is 2.22. The maximum atomic E-state index is 10.3. The molecule has 1 aromatic rings. The molecule has 2 unspecified atom stereocenters. The van der Waals surface area contributed by atoms with E-state index in [0.29, 0.717) is 6.54 Å². The second-order valence-electron chi connectivity index (χ2n) is 5.00. The Balaban J connectivity index is 1.94. The summed E-state index contributed by atoms with van der Waals surface area (Å²) in [6.45, 7) is 2.90. The van der Waals surface area contributed by atoms with Crippen LogP contribution in [0.4, 0.5) is 0 Å². The lowest BCUT2D eigenvalue weighted by molar-refractivity contribution is -0.0316. The maximum Gasteiger partial charge on any atom is 0.109 e. The van der Waals surface area contributed by atoms with Crippen LogP contribution in [0.1, 0.15) is 30.9 Å². The molecule has 1 fully saturated rings. The van der Waals surface area contributed by atoms with E-state index in [1.807, 2.05) is 30.3 Å². The van der Waals surface area contributed by atoms with E-state index in [9.17, 15) is 5.11 Å². The summed E-state index contributed by atoms with van der Waals surface area (Å²) in [4.78, 5) is 2.34. The van der Waals surface area contributed by atoms with Gasteiger partial charge < -0.3 is 14.7 Å². The molecule has 2 atom stereocenters. The van der Waals surface area contributed by atoms with Crippen LogP contribution >= 0.6 is 0 Å². The second kappa shape index (κ2) is 6.88. The van der Waals surface area contributed by atoms with Crippen molar-refractivity contribution in [1.29, 1.82) is 0 Å². The Kier molecular flexibility index (Phi) is 5.17. The van der Waals surface area contributed by atoms with Gasteiger partial charge in [0, 0.05) is 13.7 Å². The van der Waals surface area contributed by atoms with E-state index in [0.717, 1.165) is 18.7 Å². The van der Waals surface area contributed by atoms with Gasteiger partial charge in [0.1, 0.15) is 6.10 Å². The lowest BCUT2D eigenvalue weighted by Gasteiger charge is -2.31. The molecule has 0 radical (unpaired) electrons. The van der Waals surface area contributed by atoms with Crippen LogP contribution in [-0.2, 0) is 4.74 Å². The molecule has 0 aliphatic carbocycles. The third kappa shape index (κ3) is 3.55. The molecule has 3 heteroatoms. The van der Waals surface area contributed by atoms with Crippen molar-refractivity contribution in [1.82, 2.24) is 4.90 Å². The number of hydrogen-bond acceptors (Lipinski definition) is 3. The maximum absolute atomic E-state index is 10.3. The summed E-state index contributed by atoms with van der Waals surface area (Å²) in [6, 6.07) is 9.96. The number of rotatable bonds is 5. The van der Waals surface area contributed by atoms with Gasteiger partial charge in [-0.05, 0) is 31.5 Å². The molecule has 0 spiro atoms. The fraction of sp³-hybridized carbons (Fsp3) is 0.600. The Labute approximate surface area is 109 Å². The predicted molar refractivity (Wildman–Crippen MR) is 72.5 cm³/mol. The van der Waals surface area contributed by atoms with Gasteiger partial charge in [-0.3, -0.25) is 0 Å². The van der Waals surface area contributed by atoms with Crippen LogP contribution in [-0.4, -0.2) is 42.9 Å². The lowest BCUT2D eigenvalue weighted by atomic mass is 10.0. The average Bonchev–Trinajstić information content (AvgIpc) is 2.42. The molecule has 1 aliphatic rings. The summed E-state index contributed by atoms with van der Waals surface area (Å²) in [6.07, 6.45) is 3.12. The summed E-state index contributed by atoms with van der Waals surface area (Å²) in [5.41, 5.74) is 1.05. The Morgan fingerprint density at radius 3 is 2.44 bits per heavy atom. The minimum Gasteiger partial charge on any atom is -0.389 e. The van der Waals surface area contributed by atoms with Crippen molar-refractivity contribution < 1.29 is 9.84 Å². The van der Waals surface area contributed by atoms with Gasteiger partial charge in [-0.25, -0.2) is 0 Å². The highest BCUT2D eigenvalue weighted by Gasteiger charge is 2.23. The fourth-order valence-corrected chi connectivity index (χ4v) is 2.66. The van der Waals surface area contributed by atoms with Crippen molar-refractivity contribution in [2.24, 2.45) is 0 Å². The SMILES string of the molecule is COC(c1ccccc1)C(O)CN1CCCCC1. The van der Waals surface area contributed by atoms with E-state index in [4.69, 9.17) is 4.74 Å². The first-order valence-electron chi connectivity index (χ1n) is 6.79. The number of piperidine rings is 1. The number of ether oxygens (including phenoxy) is 1. The van der Waals surface area contributed by atoms with Gasteiger partial charge >= 0.3 is 0 Å². The van der Waals surface area contributed by atoms with Gasteiger partial charge in [0.05, 0.1) is 6.10 Å². The van der Waals surface area contributed by atoms with Gasteiger partial charge in [0.15, 0.2) is 0 Å². The van der Waals surface area contributed by atoms with Crippen LogP contribution in [0.3, 0.4) is 0 Å². The molecule has 1 heterocycles. The Hall–Kier alpha value is -0.900. The van der Waals surface area contributed by atoms with E-state index in [1.54, 1.807) is 7.11 Å². The van der Waals surface area contributed by atoms with Gasteiger partial charge in [0.2, 0.25) is 0 Å². The summed E-state index contributed by atoms with van der Waals surface area (Å²) in [5, 5.41) is 10.3. The number of β-amino-alcohol motifs (C(OH)–C–C–N with tert-alkyl or cyclic N) is 1. The van der Waals surface area contributed by atoms with Crippen LogP contribution in [0.15, 0.2) is 30.3 Å². The van der Waals surface area contributed by atoms with Crippen molar-refractivity contribution in [2.75, 3.05) is 26.7 Å². The number of aliphatic hydroxyl groups excluding tert-OH is 1. The quantitative estimate of drug-likeness (QED) is 0.868. The van der Waals surface area contributed by atoms with E-state index in [1.165, 1.54) is 19.3 Å². The van der Waals surface area contributed by atoms with E-state index < -0.39 is 6.10 Å². The number of nitrogens with zero attached hydrogens (tertiary/aromatic N) is 1. The monoisotopic (exact) mass is 249 g/mol. The molecule has 0 bridgehead atoms. The zero-order valence-corrected chi connectivity index (χ0v) is 11.1. The van der Waals surface area contributed by atoms with Crippen molar-refractivity contribution >= 4 is 0 Å². The first-order chi connectivity index (χ1) is 8.81. The van der Waals surface area contributed by atoms with E-state index in [2.05, 4.69) is 4.90 Å². The van der Waals surface area contributed by atoms with Crippen molar-refractivity contribution in [3.63, 3.8) is 0 Å². The Bertz CT molecular complexity index is 336. The number of likely N-dealkylation sites (tertiary alicyclic amines) is 1. The zero-order valence-electron chi connectivity index (χ0n) is 11.1. The molecule has 18 heavy (non-hydrogen) atoms. The number of aliphatic hydroxyl groups is 1. The molecule has 0 amide bonds. The minimum absolute atomic E-state index is 0.229. The van der Waals surface area contributed by atoms with Crippen LogP contribution in [0, 0.1) is 0 Å². The molecule has 0 saturated carbocycles. The molecule has 2 rings (SSSR count). The van der Waals surface area contributed by atoms with Crippen LogP contribution in [0.2, 0.25) is 0 Å². The second-order valence-corrected chi connectivity index (χ2v) is 5.00. The first-order valence-corrected chi connectivity index (χ1v) is 6.79. The minimum atomic E-state index is -0.463. The normalized spacial score (nSPS) is 20.6. The standard InChI is InChI=1S/C15H23NO2/c1-18-15(13-8-4-2-5-9-13)14(17)12-16-10-6-3-7-11-16/h2,4-5,8-9,14-15,17H,3,6-7,10-12H2,1H3. The largest absolute Gasteiger partial charge is 0.389 e. The molecule has 1 saturated heterocycles. The Morgan fingerprint density at radius 2 is 1.83 bits per heavy atom. The van der Waals surface area contributed by atoms with Crippen molar-refractivity contribution in [3.05, 3.63) is 35.9 Å². The summed E-state index contributed by atoms with van der Waals surface area (Å²) in [5.74, 6) is 0. The molecule has 1 aliphatic heterocycles. The van der Waals surface area contributed by atoms with E-state index >= 15 is 0 Å². The summed E-state index contributed by atoms with van der Waals surface area (Å²) < 4.78 is 5.46. The zero-order chi connectivity index (χ0) is 12.8. The third-order valence-electron chi connectivity index (χ3n) is 3.63. The molecular formula is C15H23NO2. The Morgan fingerprint density at radius 1 is 1.17 bits per heavy atom. The number of benzene rings is 1. The molecule has 0 aromatic heterocycles. The van der Waals surface area contributed by atoms with Gasteiger partial charge in [0.25, 0.3) is 0 Å². The molecule has 3 nitrogen and oxygen atoms in total. The highest BCUT2D eigenvalue weighted by Crippen LogP contribution is 2.22. The molecule has 1 aromatic carbocycles. The third-order valence-corrected chi connectivity index (χ3v) is 3.63. The number of hydrogen-bond donors (Lipinski definition) is 1. The van der Waals surface area contributed by atoms with Gasteiger partial charge in [-0.2, -0.15) is 0 Å². The lowest BCUT2D eigenvalue weighted by Crippen LogP contribution is -2.39. The van der Waals surface area contributed by atoms with Crippen LogP contribution in [0.5, 0.6) is 0 Å². The highest BCUT2D eigenvalue weighted by atomic mass is 16.5. The first kappa shape index (κ1) is 13.5. The molecule has 100 valence electrons.